The van der Waals surface area contributed by atoms with E-state index in [-0.39, 0.29) is 11.9 Å². The first-order valence-corrected chi connectivity index (χ1v) is 5.55. The van der Waals surface area contributed by atoms with E-state index in [0.717, 1.165) is 19.4 Å². The van der Waals surface area contributed by atoms with E-state index >= 15 is 0 Å². The molecule has 0 amide bonds. The van der Waals surface area contributed by atoms with Crippen molar-refractivity contribution in [3.05, 3.63) is 24.0 Å². The van der Waals surface area contributed by atoms with Gasteiger partial charge in [-0.25, -0.2) is 4.39 Å². The molecule has 4 heteroatoms. The van der Waals surface area contributed by atoms with Crippen molar-refractivity contribution in [2.45, 2.75) is 18.9 Å². The summed E-state index contributed by atoms with van der Waals surface area (Å²) in [4.78, 5) is 1.99. The number of hydrogen-bond donors (Lipinski definition) is 1. The smallest absolute Gasteiger partial charge is 0.146 e. The number of piperidine rings is 1. The number of rotatable bonds is 2. The fourth-order valence-electron chi connectivity index (χ4n) is 2.09. The van der Waals surface area contributed by atoms with Gasteiger partial charge in [0.15, 0.2) is 0 Å². The van der Waals surface area contributed by atoms with Crippen LogP contribution in [0.2, 0.25) is 0 Å². The normalized spacial score (nSPS) is 20.9. The topological polar surface area (TPSA) is 38.5 Å². The van der Waals surface area contributed by atoms with Gasteiger partial charge in [0.25, 0.3) is 0 Å². The number of hydrogen-bond acceptors (Lipinski definition) is 3. The Labute approximate surface area is 95.0 Å². The molecule has 1 saturated heterocycles. The molecule has 88 valence electrons. The highest BCUT2D eigenvalue weighted by molar-refractivity contribution is 5.52. The summed E-state index contributed by atoms with van der Waals surface area (Å²) in [5.74, 6) is 0.463. The Morgan fingerprint density at radius 1 is 1.50 bits per heavy atom. The fraction of sp³-hybridized carbons (Fsp3) is 0.500. The Morgan fingerprint density at radius 3 is 3.00 bits per heavy atom. The SMILES string of the molecule is COc1ccc(F)c(N2CCCC(N)C2)c1. The second kappa shape index (κ2) is 4.70. The minimum atomic E-state index is -0.213. The number of benzene rings is 1. The molecular formula is C12H17FN2O. The van der Waals surface area contributed by atoms with Crippen LogP contribution >= 0.6 is 0 Å². The molecule has 2 N–H and O–H groups in total. The number of nitrogens with zero attached hydrogens (tertiary/aromatic N) is 1. The second-order valence-corrected chi connectivity index (χ2v) is 4.17. The van der Waals surface area contributed by atoms with Crippen molar-refractivity contribution in [1.29, 1.82) is 0 Å². The Bertz CT molecular complexity index is 370. The largest absolute Gasteiger partial charge is 0.497 e. The van der Waals surface area contributed by atoms with Crippen molar-refractivity contribution < 1.29 is 9.13 Å². The lowest BCUT2D eigenvalue weighted by molar-refractivity contribution is 0.413. The molecule has 1 aromatic carbocycles. The van der Waals surface area contributed by atoms with Crippen LogP contribution < -0.4 is 15.4 Å². The monoisotopic (exact) mass is 224 g/mol. The average molecular weight is 224 g/mol. The summed E-state index contributed by atoms with van der Waals surface area (Å²) >= 11 is 0. The first-order chi connectivity index (χ1) is 7.70. The summed E-state index contributed by atoms with van der Waals surface area (Å²) in [5, 5.41) is 0. The fourth-order valence-corrected chi connectivity index (χ4v) is 2.09. The van der Waals surface area contributed by atoms with Gasteiger partial charge in [-0.05, 0) is 25.0 Å². The summed E-state index contributed by atoms with van der Waals surface area (Å²) in [6.45, 7) is 1.57. The van der Waals surface area contributed by atoms with E-state index < -0.39 is 0 Å². The molecule has 1 unspecified atom stereocenters. The lowest BCUT2D eigenvalue weighted by atomic mass is 10.1. The molecule has 0 aliphatic carbocycles. The maximum absolute atomic E-state index is 13.7. The van der Waals surface area contributed by atoms with Crippen LogP contribution in [0.4, 0.5) is 10.1 Å². The second-order valence-electron chi connectivity index (χ2n) is 4.17. The first-order valence-electron chi connectivity index (χ1n) is 5.55. The molecule has 1 heterocycles. The Hall–Kier alpha value is -1.29. The number of anilines is 1. The third-order valence-electron chi connectivity index (χ3n) is 2.95. The van der Waals surface area contributed by atoms with Gasteiger partial charge in [0.1, 0.15) is 11.6 Å². The van der Waals surface area contributed by atoms with Crippen LogP contribution in [0.25, 0.3) is 0 Å². The average Bonchev–Trinajstić information content (AvgIpc) is 2.30. The summed E-state index contributed by atoms with van der Waals surface area (Å²) in [6.07, 6.45) is 2.03. The summed E-state index contributed by atoms with van der Waals surface area (Å²) in [5.41, 5.74) is 6.48. The number of halogens is 1. The maximum Gasteiger partial charge on any atom is 0.146 e. The van der Waals surface area contributed by atoms with Crippen molar-refractivity contribution >= 4 is 5.69 Å². The zero-order valence-electron chi connectivity index (χ0n) is 9.45. The van der Waals surface area contributed by atoms with Crippen molar-refractivity contribution in [2.24, 2.45) is 5.73 Å². The molecule has 0 saturated carbocycles. The van der Waals surface area contributed by atoms with E-state index in [9.17, 15) is 4.39 Å². The van der Waals surface area contributed by atoms with E-state index in [0.29, 0.717) is 18.0 Å². The van der Waals surface area contributed by atoms with Gasteiger partial charge in [-0.15, -0.1) is 0 Å². The summed E-state index contributed by atoms with van der Waals surface area (Å²) < 4.78 is 18.8. The van der Waals surface area contributed by atoms with E-state index in [1.807, 2.05) is 4.90 Å². The number of ether oxygens (including phenoxy) is 1. The van der Waals surface area contributed by atoms with Crippen LogP contribution in [0.15, 0.2) is 18.2 Å². The molecule has 1 aliphatic rings. The van der Waals surface area contributed by atoms with Gasteiger partial charge in [-0.2, -0.15) is 0 Å². The lowest BCUT2D eigenvalue weighted by Gasteiger charge is -2.32. The number of nitrogens with two attached hydrogens (primary N) is 1. The minimum Gasteiger partial charge on any atom is -0.497 e. The quantitative estimate of drug-likeness (QED) is 0.832. The lowest BCUT2D eigenvalue weighted by Crippen LogP contribution is -2.43. The van der Waals surface area contributed by atoms with Gasteiger partial charge in [0.2, 0.25) is 0 Å². The molecule has 0 aromatic heterocycles. The maximum atomic E-state index is 13.7. The Balaban J connectivity index is 2.24. The molecule has 0 bridgehead atoms. The van der Waals surface area contributed by atoms with Crippen molar-refractivity contribution in [1.82, 2.24) is 0 Å². The number of methoxy groups -OCH3 is 1. The van der Waals surface area contributed by atoms with Crippen LogP contribution in [-0.2, 0) is 0 Å². The molecule has 1 aromatic rings. The molecule has 0 radical (unpaired) electrons. The van der Waals surface area contributed by atoms with E-state index in [1.165, 1.54) is 6.07 Å². The van der Waals surface area contributed by atoms with Gasteiger partial charge in [0, 0.05) is 25.2 Å². The van der Waals surface area contributed by atoms with E-state index in [1.54, 1.807) is 19.2 Å². The summed E-state index contributed by atoms with van der Waals surface area (Å²) in [7, 11) is 1.58. The predicted molar refractivity (Wildman–Crippen MR) is 62.4 cm³/mol. The highest BCUT2D eigenvalue weighted by Crippen LogP contribution is 2.27. The molecule has 0 spiro atoms. The van der Waals surface area contributed by atoms with Gasteiger partial charge in [-0.1, -0.05) is 0 Å². The van der Waals surface area contributed by atoms with Gasteiger partial charge >= 0.3 is 0 Å². The van der Waals surface area contributed by atoms with Gasteiger partial charge in [-0.3, -0.25) is 0 Å². The van der Waals surface area contributed by atoms with Crippen LogP contribution in [0.1, 0.15) is 12.8 Å². The van der Waals surface area contributed by atoms with Crippen LogP contribution in [0.3, 0.4) is 0 Å². The van der Waals surface area contributed by atoms with E-state index in [2.05, 4.69) is 0 Å². The summed E-state index contributed by atoms with van der Waals surface area (Å²) in [6, 6.07) is 4.93. The zero-order valence-corrected chi connectivity index (χ0v) is 9.45. The Morgan fingerprint density at radius 2 is 2.31 bits per heavy atom. The van der Waals surface area contributed by atoms with Gasteiger partial charge < -0.3 is 15.4 Å². The third-order valence-corrected chi connectivity index (χ3v) is 2.95. The highest BCUT2D eigenvalue weighted by atomic mass is 19.1. The molecular weight excluding hydrogens is 207 g/mol. The molecule has 1 aliphatic heterocycles. The van der Waals surface area contributed by atoms with Gasteiger partial charge in [0.05, 0.1) is 12.8 Å². The molecule has 3 nitrogen and oxygen atoms in total. The van der Waals surface area contributed by atoms with Crippen molar-refractivity contribution in [2.75, 3.05) is 25.1 Å². The molecule has 1 fully saturated rings. The molecule has 1 atom stereocenters. The highest BCUT2D eigenvalue weighted by Gasteiger charge is 2.19. The Kier molecular flexibility index (Phi) is 3.29. The first kappa shape index (κ1) is 11.2. The van der Waals surface area contributed by atoms with Crippen molar-refractivity contribution in [3.8, 4) is 5.75 Å². The third kappa shape index (κ3) is 2.27. The zero-order chi connectivity index (χ0) is 11.5. The molecule has 2 rings (SSSR count). The van der Waals surface area contributed by atoms with Crippen LogP contribution in [0, 0.1) is 5.82 Å². The van der Waals surface area contributed by atoms with Crippen molar-refractivity contribution in [3.63, 3.8) is 0 Å². The van der Waals surface area contributed by atoms with E-state index in [4.69, 9.17) is 10.5 Å². The standard InChI is InChI=1S/C12H17FN2O/c1-16-10-4-5-11(13)12(7-10)15-6-2-3-9(14)8-15/h4-5,7,9H,2-3,6,8,14H2,1H3. The minimum absolute atomic E-state index is 0.138. The predicted octanol–water partition coefficient (Wildman–Crippen LogP) is 1.76. The molecule has 16 heavy (non-hydrogen) atoms. The van der Waals surface area contributed by atoms with Crippen LogP contribution in [-0.4, -0.2) is 26.2 Å². The van der Waals surface area contributed by atoms with Crippen LogP contribution in [0.5, 0.6) is 5.75 Å².